The molecule has 0 bridgehead atoms. The van der Waals surface area contributed by atoms with Gasteiger partial charge in [0.15, 0.2) is 0 Å². The lowest BCUT2D eigenvalue weighted by Crippen LogP contribution is -2.38. The highest BCUT2D eigenvalue weighted by Crippen LogP contribution is 2.03. The van der Waals surface area contributed by atoms with Crippen LogP contribution in [0.4, 0.5) is 0 Å². The third kappa shape index (κ3) is 3.69. The van der Waals surface area contributed by atoms with Gasteiger partial charge < -0.3 is 9.31 Å². The van der Waals surface area contributed by atoms with E-state index >= 15 is 0 Å². The largest absolute Gasteiger partial charge is 0.493 e. The van der Waals surface area contributed by atoms with Gasteiger partial charge in [-0.2, -0.15) is 0 Å². The van der Waals surface area contributed by atoms with Crippen LogP contribution < -0.4 is 5.46 Å². The zero-order valence-corrected chi connectivity index (χ0v) is 10.2. The van der Waals surface area contributed by atoms with Gasteiger partial charge >= 0.3 is 7.12 Å². The summed E-state index contributed by atoms with van der Waals surface area (Å²) in [6, 6.07) is 6.35. The first-order valence-electron chi connectivity index (χ1n) is 5.29. The third-order valence-electron chi connectivity index (χ3n) is 2.13. The molecular weight excluding hydrogens is 187 g/mol. The molecule has 0 N–H and O–H groups in total. The average molecular weight is 206 g/mol. The van der Waals surface area contributed by atoms with Crippen LogP contribution in [0.1, 0.15) is 25.0 Å². The Hall–Kier alpha value is -0.795. The number of benzene rings is 1. The second kappa shape index (κ2) is 5.33. The fourth-order valence-corrected chi connectivity index (χ4v) is 1.66. The summed E-state index contributed by atoms with van der Waals surface area (Å²) in [4.78, 5) is 0. The molecule has 0 aromatic heterocycles. The van der Waals surface area contributed by atoms with Crippen LogP contribution in [0.3, 0.4) is 0 Å². The maximum absolute atomic E-state index is 5.67. The van der Waals surface area contributed by atoms with E-state index in [2.05, 4.69) is 32.0 Å². The molecule has 1 aromatic rings. The second-order valence-corrected chi connectivity index (χ2v) is 4.17. The highest BCUT2D eigenvalue weighted by atomic mass is 16.6. The molecule has 1 aromatic carbocycles. The number of aryl methyl sites for hydroxylation is 2. The van der Waals surface area contributed by atoms with Gasteiger partial charge in [-0.1, -0.05) is 29.3 Å². The maximum atomic E-state index is 5.67. The van der Waals surface area contributed by atoms with Crippen molar-refractivity contribution in [3.05, 3.63) is 29.3 Å². The summed E-state index contributed by atoms with van der Waals surface area (Å²) in [7, 11) is 1.41. The molecule has 82 valence electrons. The maximum Gasteiger partial charge on any atom is 0.493 e. The number of hydrogen-bond acceptors (Lipinski definition) is 2. The van der Waals surface area contributed by atoms with Crippen molar-refractivity contribution in [3.8, 4) is 0 Å². The Morgan fingerprint density at radius 3 is 2.00 bits per heavy atom. The van der Waals surface area contributed by atoms with Crippen LogP contribution in [0, 0.1) is 13.8 Å². The van der Waals surface area contributed by atoms with Gasteiger partial charge in [0.1, 0.15) is 0 Å². The molecular formula is C12H19BO2. The topological polar surface area (TPSA) is 18.5 Å². The molecule has 0 radical (unpaired) electrons. The van der Waals surface area contributed by atoms with Crippen LogP contribution in [-0.4, -0.2) is 20.3 Å². The van der Waals surface area contributed by atoms with E-state index in [1.807, 2.05) is 13.8 Å². The smallest absolute Gasteiger partial charge is 0.410 e. The number of rotatable bonds is 4. The van der Waals surface area contributed by atoms with Crippen molar-refractivity contribution >= 4 is 12.6 Å². The minimum atomic E-state index is -0.261. The molecule has 0 spiro atoms. The van der Waals surface area contributed by atoms with Gasteiger partial charge in [-0.25, -0.2) is 0 Å². The second-order valence-electron chi connectivity index (χ2n) is 4.17. The molecule has 0 heterocycles. The summed E-state index contributed by atoms with van der Waals surface area (Å²) in [6.07, 6.45) is 0.163. The Labute approximate surface area is 92.7 Å². The van der Waals surface area contributed by atoms with Crippen molar-refractivity contribution in [2.75, 3.05) is 7.11 Å². The summed E-state index contributed by atoms with van der Waals surface area (Å²) >= 11 is 0. The van der Waals surface area contributed by atoms with Crippen LogP contribution in [0.2, 0.25) is 0 Å². The summed E-state index contributed by atoms with van der Waals surface area (Å²) < 4.78 is 11.0. The molecule has 1 rings (SSSR count). The molecule has 2 nitrogen and oxygen atoms in total. The van der Waals surface area contributed by atoms with Crippen molar-refractivity contribution in [1.82, 2.24) is 0 Å². The first-order valence-corrected chi connectivity index (χ1v) is 5.29. The number of hydrogen-bond donors (Lipinski definition) is 0. The third-order valence-corrected chi connectivity index (χ3v) is 2.13. The molecule has 0 saturated carbocycles. The van der Waals surface area contributed by atoms with Gasteiger partial charge in [-0.05, 0) is 33.2 Å². The molecule has 0 aliphatic carbocycles. The minimum absolute atomic E-state index is 0.163. The predicted octanol–water partition coefficient (Wildman–Crippen LogP) is 2.07. The highest BCUT2D eigenvalue weighted by molar-refractivity contribution is 6.61. The van der Waals surface area contributed by atoms with Crippen LogP contribution in [-0.2, 0) is 9.31 Å². The molecule has 0 amide bonds. The fourth-order valence-electron chi connectivity index (χ4n) is 1.66. The monoisotopic (exact) mass is 206 g/mol. The van der Waals surface area contributed by atoms with Crippen molar-refractivity contribution in [2.45, 2.75) is 33.8 Å². The van der Waals surface area contributed by atoms with Gasteiger partial charge in [0, 0.05) is 13.2 Å². The average Bonchev–Trinajstić information content (AvgIpc) is 2.12. The normalized spacial score (nSPS) is 10.8. The molecule has 3 heteroatoms. The molecule has 0 atom stereocenters. The van der Waals surface area contributed by atoms with Crippen LogP contribution in [0.5, 0.6) is 0 Å². The Kier molecular flexibility index (Phi) is 4.36. The molecule has 15 heavy (non-hydrogen) atoms. The first kappa shape index (κ1) is 12.3. The lowest BCUT2D eigenvalue weighted by molar-refractivity contribution is 0.188. The summed E-state index contributed by atoms with van der Waals surface area (Å²) in [6.45, 7) is 8.18. The van der Waals surface area contributed by atoms with E-state index in [-0.39, 0.29) is 13.2 Å². The lowest BCUT2D eigenvalue weighted by Gasteiger charge is -2.16. The SMILES string of the molecule is COB(OC(C)C)c1cc(C)cc(C)c1. The van der Waals surface area contributed by atoms with E-state index < -0.39 is 0 Å². The van der Waals surface area contributed by atoms with Crippen LogP contribution in [0.15, 0.2) is 18.2 Å². The molecule has 0 fully saturated rings. The Balaban J connectivity index is 2.91. The van der Waals surface area contributed by atoms with Crippen molar-refractivity contribution in [3.63, 3.8) is 0 Å². The Bertz CT molecular complexity index is 303. The van der Waals surface area contributed by atoms with Crippen LogP contribution in [0.25, 0.3) is 0 Å². The lowest BCUT2D eigenvalue weighted by atomic mass is 9.77. The summed E-state index contributed by atoms with van der Waals surface area (Å²) in [5.74, 6) is 0. The van der Waals surface area contributed by atoms with Crippen LogP contribution >= 0.6 is 0 Å². The fraction of sp³-hybridized carbons (Fsp3) is 0.500. The van der Waals surface area contributed by atoms with E-state index in [4.69, 9.17) is 9.31 Å². The van der Waals surface area contributed by atoms with E-state index in [1.165, 1.54) is 11.1 Å². The van der Waals surface area contributed by atoms with E-state index in [1.54, 1.807) is 7.11 Å². The minimum Gasteiger partial charge on any atom is -0.410 e. The van der Waals surface area contributed by atoms with E-state index in [9.17, 15) is 0 Å². The first-order chi connectivity index (χ1) is 7.02. The van der Waals surface area contributed by atoms with Gasteiger partial charge in [0.2, 0.25) is 0 Å². The summed E-state index contributed by atoms with van der Waals surface area (Å²) in [5, 5.41) is 0. The zero-order valence-electron chi connectivity index (χ0n) is 10.2. The van der Waals surface area contributed by atoms with Gasteiger partial charge in [0.05, 0.1) is 0 Å². The Morgan fingerprint density at radius 1 is 1.07 bits per heavy atom. The van der Waals surface area contributed by atoms with Gasteiger partial charge in [0.25, 0.3) is 0 Å². The van der Waals surface area contributed by atoms with E-state index in [0.29, 0.717) is 0 Å². The predicted molar refractivity (Wildman–Crippen MR) is 64.5 cm³/mol. The van der Waals surface area contributed by atoms with E-state index in [0.717, 1.165) is 5.46 Å². The van der Waals surface area contributed by atoms with Crippen molar-refractivity contribution in [2.24, 2.45) is 0 Å². The Morgan fingerprint density at radius 2 is 1.60 bits per heavy atom. The highest BCUT2D eigenvalue weighted by Gasteiger charge is 2.21. The summed E-state index contributed by atoms with van der Waals surface area (Å²) in [5.41, 5.74) is 3.56. The standard InChI is InChI=1S/C12H19BO2/c1-9(2)15-13(14-5)12-7-10(3)6-11(4)8-12/h6-9H,1-5H3. The van der Waals surface area contributed by atoms with Gasteiger partial charge in [-0.3, -0.25) is 0 Å². The molecule has 0 aliphatic rings. The molecule has 0 unspecified atom stereocenters. The van der Waals surface area contributed by atoms with Gasteiger partial charge in [-0.15, -0.1) is 0 Å². The molecule has 0 aliphatic heterocycles. The molecule has 0 saturated heterocycles. The van der Waals surface area contributed by atoms with Crippen molar-refractivity contribution in [1.29, 1.82) is 0 Å². The van der Waals surface area contributed by atoms with Crippen molar-refractivity contribution < 1.29 is 9.31 Å². The zero-order chi connectivity index (χ0) is 11.4. The quantitative estimate of drug-likeness (QED) is 0.702.